The number of anilines is 1. The second-order valence-corrected chi connectivity index (χ2v) is 7.79. The molecule has 0 atom stereocenters. The molecule has 3 rings (SSSR count). The number of nitrogens with zero attached hydrogens (tertiary/aromatic N) is 2. The Morgan fingerprint density at radius 3 is 2.12 bits per heavy atom. The predicted molar refractivity (Wildman–Crippen MR) is 88.8 cm³/mol. The van der Waals surface area contributed by atoms with Crippen molar-refractivity contribution in [1.82, 2.24) is 4.31 Å². The van der Waals surface area contributed by atoms with E-state index in [0.29, 0.717) is 13.1 Å². The molecular weight excluding hydrogens is 358 g/mol. The minimum absolute atomic E-state index is 0.146. The number of benzene rings is 2. The average Bonchev–Trinajstić information content (AvgIpc) is 2.55. The SMILES string of the molecule is O=S(=O)(c1ccc(Cl)cc1F)N1CCN(c2ccc(F)cc2)CC1. The third kappa shape index (κ3) is 3.38. The minimum atomic E-state index is -3.91. The van der Waals surface area contributed by atoms with Crippen molar-refractivity contribution in [2.24, 2.45) is 0 Å². The fourth-order valence-corrected chi connectivity index (χ4v) is 4.29. The first-order valence-electron chi connectivity index (χ1n) is 7.33. The summed E-state index contributed by atoms with van der Waals surface area (Å²) >= 11 is 5.67. The fourth-order valence-electron chi connectivity index (χ4n) is 2.66. The van der Waals surface area contributed by atoms with Gasteiger partial charge in [0.15, 0.2) is 0 Å². The molecule has 1 aliphatic heterocycles. The van der Waals surface area contributed by atoms with Gasteiger partial charge in [-0.05, 0) is 42.5 Å². The van der Waals surface area contributed by atoms with Gasteiger partial charge in [0.2, 0.25) is 10.0 Å². The summed E-state index contributed by atoms with van der Waals surface area (Å²) in [7, 11) is -3.91. The third-order valence-electron chi connectivity index (χ3n) is 3.94. The van der Waals surface area contributed by atoms with Gasteiger partial charge in [0.05, 0.1) is 0 Å². The van der Waals surface area contributed by atoms with E-state index >= 15 is 0 Å². The summed E-state index contributed by atoms with van der Waals surface area (Å²) in [5, 5.41) is 0.146. The van der Waals surface area contributed by atoms with E-state index in [-0.39, 0.29) is 28.8 Å². The van der Waals surface area contributed by atoms with Gasteiger partial charge in [0, 0.05) is 36.9 Å². The third-order valence-corrected chi connectivity index (χ3v) is 6.11. The van der Waals surface area contributed by atoms with Crippen molar-refractivity contribution in [1.29, 1.82) is 0 Å². The highest BCUT2D eigenvalue weighted by atomic mass is 35.5. The normalized spacial score (nSPS) is 16.4. The van der Waals surface area contributed by atoms with Crippen molar-refractivity contribution in [3.8, 4) is 0 Å². The smallest absolute Gasteiger partial charge is 0.246 e. The molecule has 0 N–H and O–H groups in total. The molecule has 0 radical (unpaired) electrons. The zero-order valence-electron chi connectivity index (χ0n) is 12.6. The van der Waals surface area contributed by atoms with Gasteiger partial charge in [-0.1, -0.05) is 11.6 Å². The van der Waals surface area contributed by atoms with Crippen molar-refractivity contribution in [2.75, 3.05) is 31.1 Å². The lowest BCUT2D eigenvalue weighted by Gasteiger charge is -2.35. The van der Waals surface area contributed by atoms with Crippen LogP contribution in [0.5, 0.6) is 0 Å². The van der Waals surface area contributed by atoms with Crippen molar-refractivity contribution < 1.29 is 17.2 Å². The van der Waals surface area contributed by atoms with Gasteiger partial charge < -0.3 is 4.90 Å². The highest BCUT2D eigenvalue weighted by molar-refractivity contribution is 7.89. The first-order chi connectivity index (χ1) is 11.4. The van der Waals surface area contributed by atoms with Gasteiger partial charge in [-0.25, -0.2) is 17.2 Å². The summed E-state index contributed by atoms with van der Waals surface area (Å²) in [4.78, 5) is 1.59. The minimum Gasteiger partial charge on any atom is -0.369 e. The molecule has 0 spiro atoms. The van der Waals surface area contributed by atoms with Crippen LogP contribution in [0.1, 0.15) is 0 Å². The molecule has 4 nitrogen and oxygen atoms in total. The summed E-state index contributed by atoms with van der Waals surface area (Å²) < 4.78 is 53.3. The molecule has 8 heteroatoms. The number of halogens is 3. The average molecular weight is 373 g/mol. The topological polar surface area (TPSA) is 40.6 Å². The lowest BCUT2D eigenvalue weighted by Crippen LogP contribution is -2.48. The lowest BCUT2D eigenvalue weighted by atomic mass is 10.2. The van der Waals surface area contributed by atoms with Crippen LogP contribution in [0.15, 0.2) is 47.4 Å². The van der Waals surface area contributed by atoms with Gasteiger partial charge in [-0.15, -0.1) is 0 Å². The van der Waals surface area contributed by atoms with E-state index in [1.54, 1.807) is 12.1 Å². The van der Waals surface area contributed by atoms with Gasteiger partial charge in [-0.3, -0.25) is 0 Å². The molecule has 0 aliphatic carbocycles. The Kier molecular flexibility index (Phi) is 4.76. The number of sulfonamides is 1. The zero-order chi connectivity index (χ0) is 17.3. The molecule has 0 aromatic heterocycles. The van der Waals surface area contributed by atoms with Crippen LogP contribution in [0.25, 0.3) is 0 Å². The van der Waals surface area contributed by atoms with Crippen molar-refractivity contribution in [3.63, 3.8) is 0 Å². The van der Waals surface area contributed by atoms with E-state index in [1.165, 1.54) is 28.6 Å². The zero-order valence-corrected chi connectivity index (χ0v) is 14.2. The Labute approximate surface area is 144 Å². The van der Waals surface area contributed by atoms with Crippen molar-refractivity contribution in [2.45, 2.75) is 4.90 Å². The molecule has 0 saturated carbocycles. The number of piperazine rings is 1. The van der Waals surface area contributed by atoms with E-state index in [4.69, 9.17) is 11.6 Å². The van der Waals surface area contributed by atoms with Crippen LogP contribution in [0.3, 0.4) is 0 Å². The number of hydrogen-bond acceptors (Lipinski definition) is 3. The van der Waals surface area contributed by atoms with Crippen LogP contribution in [-0.4, -0.2) is 38.9 Å². The van der Waals surface area contributed by atoms with Gasteiger partial charge in [0.25, 0.3) is 0 Å². The molecule has 2 aromatic rings. The summed E-state index contributed by atoms with van der Waals surface area (Å²) in [5.74, 6) is -1.18. The molecule has 1 fully saturated rings. The van der Waals surface area contributed by atoms with Gasteiger partial charge >= 0.3 is 0 Å². The van der Waals surface area contributed by atoms with Crippen molar-refractivity contribution in [3.05, 3.63) is 59.1 Å². The van der Waals surface area contributed by atoms with E-state index in [2.05, 4.69) is 0 Å². The Bertz CT molecular complexity index is 836. The van der Waals surface area contributed by atoms with E-state index < -0.39 is 15.8 Å². The molecule has 0 amide bonds. The van der Waals surface area contributed by atoms with Crippen LogP contribution >= 0.6 is 11.6 Å². The molecule has 2 aromatic carbocycles. The second kappa shape index (κ2) is 6.66. The van der Waals surface area contributed by atoms with E-state index in [9.17, 15) is 17.2 Å². The summed E-state index contributed by atoms with van der Waals surface area (Å²) in [6.07, 6.45) is 0. The highest BCUT2D eigenvalue weighted by Crippen LogP contribution is 2.24. The Hall–Kier alpha value is -1.70. The predicted octanol–water partition coefficient (Wildman–Crippen LogP) is 3.13. The monoisotopic (exact) mass is 372 g/mol. The molecule has 0 bridgehead atoms. The number of rotatable bonds is 3. The van der Waals surface area contributed by atoms with Crippen LogP contribution in [-0.2, 0) is 10.0 Å². The largest absolute Gasteiger partial charge is 0.369 e. The van der Waals surface area contributed by atoms with Gasteiger partial charge in [0.1, 0.15) is 16.5 Å². The molecule has 1 heterocycles. The van der Waals surface area contributed by atoms with E-state index in [0.717, 1.165) is 11.8 Å². The van der Waals surface area contributed by atoms with E-state index in [1.807, 2.05) is 4.90 Å². The Balaban J connectivity index is 1.75. The molecule has 0 unspecified atom stereocenters. The first kappa shape index (κ1) is 17.1. The summed E-state index contributed by atoms with van der Waals surface area (Å²) in [6, 6.07) is 9.55. The Morgan fingerprint density at radius 2 is 1.54 bits per heavy atom. The van der Waals surface area contributed by atoms with Crippen LogP contribution in [0.2, 0.25) is 5.02 Å². The fraction of sp³-hybridized carbons (Fsp3) is 0.250. The molecule has 1 saturated heterocycles. The lowest BCUT2D eigenvalue weighted by molar-refractivity contribution is 0.382. The van der Waals surface area contributed by atoms with Crippen LogP contribution in [0, 0.1) is 11.6 Å². The first-order valence-corrected chi connectivity index (χ1v) is 9.15. The molecule has 1 aliphatic rings. The molecule has 24 heavy (non-hydrogen) atoms. The highest BCUT2D eigenvalue weighted by Gasteiger charge is 2.30. The maximum Gasteiger partial charge on any atom is 0.246 e. The summed E-state index contributed by atoms with van der Waals surface area (Å²) in [5.41, 5.74) is 0.825. The maximum absolute atomic E-state index is 13.9. The Morgan fingerprint density at radius 1 is 0.917 bits per heavy atom. The van der Waals surface area contributed by atoms with Crippen LogP contribution < -0.4 is 4.90 Å². The molecule has 128 valence electrons. The molecular formula is C16H15ClF2N2O2S. The number of hydrogen-bond donors (Lipinski definition) is 0. The van der Waals surface area contributed by atoms with Gasteiger partial charge in [-0.2, -0.15) is 4.31 Å². The quantitative estimate of drug-likeness (QED) is 0.831. The standard InChI is InChI=1S/C16H15ClF2N2O2S/c17-12-1-6-16(15(19)11-12)24(22,23)21-9-7-20(8-10-21)14-4-2-13(18)3-5-14/h1-6,11H,7-10H2. The van der Waals surface area contributed by atoms with Crippen molar-refractivity contribution >= 4 is 27.3 Å². The van der Waals surface area contributed by atoms with Crippen LogP contribution in [0.4, 0.5) is 14.5 Å². The second-order valence-electron chi connectivity index (χ2n) is 5.44. The maximum atomic E-state index is 13.9. The summed E-state index contributed by atoms with van der Waals surface area (Å²) in [6.45, 7) is 1.34.